The van der Waals surface area contributed by atoms with Gasteiger partial charge in [0.05, 0.1) is 10.7 Å². The minimum atomic E-state index is -0.570. The molecule has 0 unspecified atom stereocenters. The molecule has 28 heavy (non-hydrogen) atoms. The van der Waals surface area contributed by atoms with Crippen LogP contribution in [0.1, 0.15) is 11.1 Å². The van der Waals surface area contributed by atoms with E-state index in [9.17, 15) is 14.0 Å². The molecule has 1 saturated heterocycles. The summed E-state index contributed by atoms with van der Waals surface area (Å²) in [6.45, 7) is 0.231. The molecule has 144 valence electrons. The molecule has 0 spiro atoms. The maximum Gasteiger partial charge on any atom is 0.263 e. The number of nitrogens with one attached hydrogen (secondary N) is 2. The van der Waals surface area contributed by atoms with Crippen molar-refractivity contribution in [3.05, 3.63) is 62.5 Å². The smallest absolute Gasteiger partial charge is 0.263 e. The Bertz CT molecular complexity index is 970. The number of halogens is 2. The molecule has 0 aromatic heterocycles. The van der Waals surface area contributed by atoms with Crippen LogP contribution in [0.3, 0.4) is 0 Å². The fraction of sp³-hybridized carbons (Fsp3) is 0.105. The lowest BCUT2D eigenvalue weighted by molar-refractivity contribution is -0.123. The summed E-state index contributed by atoms with van der Waals surface area (Å²) in [4.78, 5) is 24.0. The molecule has 2 aromatic rings. The lowest BCUT2D eigenvalue weighted by Gasteiger charge is -2.17. The molecule has 0 atom stereocenters. The maximum atomic E-state index is 13.0. The molecule has 2 aromatic carbocycles. The Morgan fingerprint density at radius 3 is 2.39 bits per heavy atom. The predicted octanol–water partition coefficient (Wildman–Crippen LogP) is 2.93. The Balaban J connectivity index is 1.86. The molecule has 3 rings (SSSR count). The van der Waals surface area contributed by atoms with Crippen LogP contribution in [-0.4, -0.2) is 24.0 Å². The lowest BCUT2D eigenvalue weighted by Crippen LogP contribution is -2.51. The zero-order chi connectivity index (χ0) is 20.3. The number of carbonyl (C=O) groups is 2. The Morgan fingerprint density at radius 1 is 1.14 bits per heavy atom. The van der Waals surface area contributed by atoms with Crippen molar-refractivity contribution in [3.8, 4) is 11.5 Å². The molecule has 1 aliphatic rings. The zero-order valence-corrected chi connectivity index (χ0v) is 17.5. The number of benzene rings is 2. The van der Waals surface area contributed by atoms with Gasteiger partial charge in [0.2, 0.25) is 0 Å². The second-order valence-corrected chi connectivity index (χ2v) is 7.32. The molecule has 0 radical (unpaired) electrons. The van der Waals surface area contributed by atoms with Crippen molar-refractivity contribution in [1.29, 1.82) is 0 Å². The van der Waals surface area contributed by atoms with Crippen molar-refractivity contribution in [3.63, 3.8) is 0 Å². The third-order valence-electron chi connectivity index (χ3n) is 3.80. The van der Waals surface area contributed by atoms with E-state index in [0.717, 1.165) is 9.13 Å². The van der Waals surface area contributed by atoms with Crippen LogP contribution < -0.4 is 20.1 Å². The Hall–Kier alpha value is -2.53. The van der Waals surface area contributed by atoms with E-state index in [4.69, 9.17) is 21.7 Å². The largest absolute Gasteiger partial charge is 0.493 e. The fourth-order valence-electron chi connectivity index (χ4n) is 2.47. The molecule has 1 fully saturated rings. The van der Waals surface area contributed by atoms with E-state index >= 15 is 0 Å². The fourth-order valence-corrected chi connectivity index (χ4v) is 3.44. The second kappa shape index (κ2) is 8.65. The first kappa shape index (κ1) is 20.2. The number of ether oxygens (including phenoxy) is 2. The number of carbonyl (C=O) groups excluding carboxylic acids is 2. The average molecular weight is 512 g/mol. The van der Waals surface area contributed by atoms with Crippen LogP contribution in [-0.2, 0) is 16.2 Å². The number of amides is 2. The van der Waals surface area contributed by atoms with Crippen LogP contribution in [0.25, 0.3) is 6.08 Å². The predicted molar refractivity (Wildman–Crippen MR) is 113 cm³/mol. The number of hydrogen-bond donors (Lipinski definition) is 2. The van der Waals surface area contributed by atoms with E-state index < -0.39 is 11.8 Å². The van der Waals surface area contributed by atoms with Gasteiger partial charge in [-0.25, -0.2) is 4.39 Å². The van der Waals surface area contributed by atoms with E-state index in [1.54, 1.807) is 24.3 Å². The van der Waals surface area contributed by atoms with Gasteiger partial charge >= 0.3 is 0 Å². The zero-order valence-electron chi connectivity index (χ0n) is 14.5. The SMILES string of the molecule is COc1cc(C=C2C(=O)NC(=S)NC2=O)cc(I)c1OCc1ccc(F)cc1. The third-order valence-corrected chi connectivity index (χ3v) is 4.81. The van der Waals surface area contributed by atoms with Crippen molar-refractivity contribution < 1.29 is 23.5 Å². The monoisotopic (exact) mass is 512 g/mol. The number of hydrogen-bond acceptors (Lipinski definition) is 5. The summed E-state index contributed by atoms with van der Waals surface area (Å²) in [6.07, 6.45) is 1.45. The standard InChI is InChI=1S/C19H14FIN2O4S/c1-26-15-8-11(6-13-17(24)22-19(28)23-18(13)25)7-14(21)16(15)27-9-10-2-4-12(20)5-3-10/h2-8H,9H2,1H3,(H2,22,23,24,25,28). The van der Waals surface area contributed by atoms with E-state index in [-0.39, 0.29) is 23.1 Å². The average Bonchev–Trinajstić information content (AvgIpc) is 2.64. The highest BCUT2D eigenvalue weighted by Crippen LogP contribution is 2.35. The van der Waals surface area contributed by atoms with Crippen molar-refractivity contribution in [2.45, 2.75) is 6.61 Å². The quantitative estimate of drug-likeness (QED) is 0.279. The molecule has 1 heterocycles. The maximum absolute atomic E-state index is 13.0. The molecule has 1 aliphatic heterocycles. The van der Waals surface area contributed by atoms with Crippen LogP contribution in [0, 0.1) is 9.39 Å². The Kier molecular flexibility index (Phi) is 6.25. The highest BCUT2D eigenvalue weighted by atomic mass is 127. The summed E-state index contributed by atoms with van der Waals surface area (Å²) in [5, 5.41) is 4.75. The number of methoxy groups -OCH3 is 1. The molecule has 0 saturated carbocycles. The van der Waals surface area contributed by atoms with Crippen molar-refractivity contribution in [1.82, 2.24) is 10.6 Å². The van der Waals surface area contributed by atoms with Gasteiger partial charge in [-0.3, -0.25) is 20.2 Å². The molecule has 2 amide bonds. The summed E-state index contributed by atoms with van der Waals surface area (Å²) in [5.41, 5.74) is 1.33. The van der Waals surface area contributed by atoms with Gasteiger partial charge in [0.1, 0.15) is 18.0 Å². The summed E-state index contributed by atoms with van der Waals surface area (Å²) in [6, 6.07) is 9.41. The molecule has 9 heteroatoms. The molecule has 0 bridgehead atoms. The van der Waals surface area contributed by atoms with E-state index in [1.807, 2.05) is 0 Å². The van der Waals surface area contributed by atoms with Gasteiger partial charge in [-0.2, -0.15) is 0 Å². The van der Waals surface area contributed by atoms with Crippen LogP contribution in [0.15, 0.2) is 42.0 Å². The Labute approximate surface area is 179 Å². The van der Waals surface area contributed by atoms with Crippen molar-refractivity contribution in [2.24, 2.45) is 0 Å². The minimum Gasteiger partial charge on any atom is -0.493 e. The van der Waals surface area contributed by atoms with Crippen LogP contribution in [0.5, 0.6) is 11.5 Å². The first-order chi connectivity index (χ1) is 13.4. The molecular formula is C19H14FIN2O4S. The van der Waals surface area contributed by atoms with E-state index in [2.05, 4.69) is 33.2 Å². The van der Waals surface area contributed by atoms with Gasteiger partial charge < -0.3 is 9.47 Å². The normalized spacial score (nSPS) is 13.7. The molecule has 0 aliphatic carbocycles. The topological polar surface area (TPSA) is 76.7 Å². The second-order valence-electron chi connectivity index (χ2n) is 5.74. The summed E-state index contributed by atoms with van der Waals surface area (Å²) in [7, 11) is 1.49. The summed E-state index contributed by atoms with van der Waals surface area (Å²) < 4.78 is 25.0. The van der Waals surface area contributed by atoms with Gasteiger partial charge in [-0.05, 0) is 76.3 Å². The van der Waals surface area contributed by atoms with Crippen LogP contribution >= 0.6 is 34.8 Å². The highest BCUT2D eigenvalue weighted by molar-refractivity contribution is 14.1. The Morgan fingerprint density at radius 2 is 1.79 bits per heavy atom. The van der Waals surface area contributed by atoms with Gasteiger partial charge in [-0.1, -0.05) is 12.1 Å². The summed E-state index contributed by atoms with van der Waals surface area (Å²) >= 11 is 6.86. The van der Waals surface area contributed by atoms with E-state index in [0.29, 0.717) is 17.1 Å². The van der Waals surface area contributed by atoms with Gasteiger partial charge in [0.15, 0.2) is 16.6 Å². The molecule has 6 nitrogen and oxygen atoms in total. The molecule has 2 N–H and O–H groups in total. The number of rotatable bonds is 5. The van der Waals surface area contributed by atoms with Crippen LogP contribution in [0.4, 0.5) is 4.39 Å². The van der Waals surface area contributed by atoms with Gasteiger partial charge in [0.25, 0.3) is 11.8 Å². The first-order valence-corrected chi connectivity index (χ1v) is 9.49. The lowest BCUT2D eigenvalue weighted by atomic mass is 10.1. The first-order valence-electron chi connectivity index (χ1n) is 8.00. The summed E-state index contributed by atoms with van der Waals surface area (Å²) in [5.74, 6) is -0.509. The van der Waals surface area contributed by atoms with Gasteiger partial charge in [0, 0.05) is 0 Å². The highest BCUT2D eigenvalue weighted by Gasteiger charge is 2.26. The van der Waals surface area contributed by atoms with Crippen molar-refractivity contribution >= 4 is 57.8 Å². The molecular weight excluding hydrogens is 498 g/mol. The minimum absolute atomic E-state index is 0.0242. The van der Waals surface area contributed by atoms with Gasteiger partial charge in [-0.15, -0.1) is 0 Å². The van der Waals surface area contributed by atoms with Crippen LogP contribution in [0.2, 0.25) is 0 Å². The third kappa shape index (κ3) is 4.65. The van der Waals surface area contributed by atoms with Crippen molar-refractivity contribution in [2.75, 3.05) is 7.11 Å². The number of thiocarbonyl (C=S) groups is 1. The van der Waals surface area contributed by atoms with E-state index in [1.165, 1.54) is 25.3 Å².